The van der Waals surface area contributed by atoms with E-state index in [9.17, 15) is 18.0 Å². The zero-order valence-corrected chi connectivity index (χ0v) is 13.0. The maximum Gasteiger partial charge on any atom is 0.411 e. The van der Waals surface area contributed by atoms with E-state index in [0.717, 1.165) is 6.42 Å². The quantitative estimate of drug-likeness (QED) is 0.734. The van der Waals surface area contributed by atoms with Crippen LogP contribution in [-0.4, -0.2) is 48.9 Å². The molecule has 1 amide bonds. The van der Waals surface area contributed by atoms with E-state index in [1.54, 1.807) is 4.90 Å². The Morgan fingerprint density at radius 3 is 2.38 bits per heavy atom. The first-order valence-electron chi connectivity index (χ1n) is 7.33. The first-order valence-corrected chi connectivity index (χ1v) is 7.33. The summed E-state index contributed by atoms with van der Waals surface area (Å²) in [4.78, 5) is 13.9. The van der Waals surface area contributed by atoms with Crippen molar-refractivity contribution < 1.29 is 22.7 Å². The van der Waals surface area contributed by atoms with Gasteiger partial charge in [-0.1, -0.05) is 27.7 Å². The van der Waals surface area contributed by atoms with Crippen molar-refractivity contribution in [3.8, 4) is 0 Å². The topological polar surface area (TPSA) is 41.6 Å². The fraction of sp³-hybridized carbons (Fsp3) is 0.929. The third-order valence-corrected chi connectivity index (χ3v) is 3.40. The Balaban J connectivity index is 2.56. The molecule has 1 fully saturated rings. The average molecular weight is 310 g/mol. The molecule has 0 bridgehead atoms. The number of hydrogen-bond acceptors (Lipinski definition) is 3. The fourth-order valence-corrected chi connectivity index (χ4v) is 2.44. The number of alkyl halides is 3. The molecule has 0 radical (unpaired) electrons. The predicted octanol–water partition coefficient (Wildman–Crippen LogP) is 2.39. The third kappa shape index (κ3) is 5.82. The van der Waals surface area contributed by atoms with E-state index in [0.29, 0.717) is 5.92 Å². The molecule has 4 nitrogen and oxygen atoms in total. The van der Waals surface area contributed by atoms with E-state index in [4.69, 9.17) is 0 Å². The molecule has 7 heteroatoms. The molecular weight excluding hydrogens is 285 g/mol. The lowest BCUT2D eigenvalue weighted by Gasteiger charge is -2.25. The first kappa shape index (κ1) is 18.2. The molecule has 1 aliphatic heterocycles. The minimum Gasteiger partial charge on any atom is -0.370 e. The van der Waals surface area contributed by atoms with Crippen LogP contribution in [0.4, 0.5) is 13.2 Å². The Labute approximate surface area is 124 Å². The maximum absolute atomic E-state index is 12.3. The van der Waals surface area contributed by atoms with Gasteiger partial charge in [-0.25, -0.2) is 0 Å². The van der Waals surface area contributed by atoms with E-state index < -0.39 is 12.8 Å². The number of rotatable bonds is 7. The Kier molecular flexibility index (Phi) is 6.46. The molecule has 1 heterocycles. The molecule has 1 aliphatic rings. The SMILES string of the molecule is CC(C)CC1NC(C(C)C)C(=O)N1CCOCC(F)(F)F. The summed E-state index contributed by atoms with van der Waals surface area (Å²) in [7, 11) is 0. The highest BCUT2D eigenvalue weighted by Gasteiger charge is 2.40. The minimum absolute atomic E-state index is 0.0498. The fourth-order valence-electron chi connectivity index (χ4n) is 2.44. The molecule has 1 saturated heterocycles. The van der Waals surface area contributed by atoms with Crippen molar-refractivity contribution in [2.75, 3.05) is 19.8 Å². The van der Waals surface area contributed by atoms with Crippen LogP contribution in [0, 0.1) is 11.8 Å². The van der Waals surface area contributed by atoms with Crippen molar-refractivity contribution in [1.29, 1.82) is 0 Å². The van der Waals surface area contributed by atoms with E-state index in [2.05, 4.69) is 10.1 Å². The smallest absolute Gasteiger partial charge is 0.370 e. The Morgan fingerprint density at radius 2 is 1.90 bits per heavy atom. The number of halogens is 3. The van der Waals surface area contributed by atoms with Crippen LogP contribution in [0.2, 0.25) is 0 Å². The second-order valence-electron chi connectivity index (χ2n) is 6.23. The lowest BCUT2D eigenvalue weighted by molar-refractivity contribution is -0.175. The third-order valence-electron chi connectivity index (χ3n) is 3.40. The van der Waals surface area contributed by atoms with Gasteiger partial charge in [0.05, 0.1) is 18.8 Å². The summed E-state index contributed by atoms with van der Waals surface area (Å²) >= 11 is 0. The van der Waals surface area contributed by atoms with Crippen LogP contribution in [-0.2, 0) is 9.53 Å². The van der Waals surface area contributed by atoms with Gasteiger partial charge in [-0.15, -0.1) is 0 Å². The van der Waals surface area contributed by atoms with Gasteiger partial charge < -0.3 is 9.64 Å². The number of carbonyl (C=O) groups excluding carboxylic acids is 1. The summed E-state index contributed by atoms with van der Waals surface area (Å²) in [5.41, 5.74) is 0. The Bertz CT molecular complexity index is 346. The van der Waals surface area contributed by atoms with Gasteiger partial charge in [-0.3, -0.25) is 10.1 Å². The molecule has 0 saturated carbocycles. The average Bonchev–Trinajstić information content (AvgIpc) is 2.60. The van der Waals surface area contributed by atoms with E-state index >= 15 is 0 Å². The van der Waals surface area contributed by atoms with E-state index in [1.807, 2.05) is 27.7 Å². The summed E-state index contributed by atoms with van der Waals surface area (Å²) in [6.45, 7) is 6.80. The van der Waals surface area contributed by atoms with Gasteiger partial charge in [-0.2, -0.15) is 13.2 Å². The standard InChI is InChI=1S/C14H25F3N2O2/c1-9(2)7-11-18-12(10(3)4)13(20)19(11)5-6-21-8-14(15,16)17/h9-12,18H,5-8H2,1-4H3. The highest BCUT2D eigenvalue weighted by atomic mass is 19.4. The van der Waals surface area contributed by atoms with Crippen molar-refractivity contribution in [3.63, 3.8) is 0 Å². The zero-order valence-electron chi connectivity index (χ0n) is 13.0. The van der Waals surface area contributed by atoms with Crippen LogP contribution < -0.4 is 5.32 Å². The van der Waals surface area contributed by atoms with Crippen molar-refractivity contribution in [2.24, 2.45) is 11.8 Å². The number of hydrogen-bond donors (Lipinski definition) is 1. The molecule has 2 unspecified atom stereocenters. The minimum atomic E-state index is -4.33. The van der Waals surface area contributed by atoms with Crippen molar-refractivity contribution >= 4 is 5.91 Å². The summed E-state index contributed by atoms with van der Waals surface area (Å²) in [6.07, 6.45) is -3.68. The number of nitrogens with one attached hydrogen (secondary N) is 1. The predicted molar refractivity (Wildman–Crippen MR) is 73.6 cm³/mol. The van der Waals surface area contributed by atoms with Crippen LogP contribution in [0.3, 0.4) is 0 Å². The van der Waals surface area contributed by atoms with Gasteiger partial charge in [0.1, 0.15) is 6.61 Å². The highest BCUT2D eigenvalue weighted by molar-refractivity contribution is 5.84. The lowest BCUT2D eigenvalue weighted by Crippen LogP contribution is -2.40. The summed E-state index contributed by atoms with van der Waals surface area (Å²) in [5.74, 6) is 0.485. The zero-order chi connectivity index (χ0) is 16.2. The van der Waals surface area contributed by atoms with Gasteiger partial charge in [-0.05, 0) is 18.3 Å². The molecule has 124 valence electrons. The van der Waals surface area contributed by atoms with Crippen molar-refractivity contribution in [3.05, 3.63) is 0 Å². The van der Waals surface area contributed by atoms with Gasteiger partial charge in [0.2, 0.25) is 5.91 Å². The number of amides is 1. The van der Waals surface area contributed by atoms with Crippen LogP contribution >= 0.6 is 0 Å². The molecular formula is C14H25F3N2O2. The number of carbonyl (C=O) groups is 1. The maximum atomic E-state index is 12.3. The van der Waals surface area contributed by atoms with Crippen molar-refractivity contribution in [1.82, 2.24) is 10.2 Å². The molecule has 0 aromatic heterocycles. The lowest BCUT2D eigenvalue weighted by atomic mass is 10.0. The van der Waals surface area contributed by atoms with Crippen LogP contribution in [0.5, 0.6) is 0 Å². The molecule has 1 N–H and O–H groups in total. The molecule has 0 aromatic rings. The normalized spacial score (nSPS) is 23.7. The second-order valence-corrected chi connectivity index (χ2v) is 6.23. The molecule has 1 rings (SSSR count). The number of ether oxygens (including phenoxy) is 1. The molecule has 0 spiro atoms. The number of nitrogens with zero attached hydrogens (tertiary/aromatic N) is 1. The molecule has 0 aromatic carbocycles. The van der Waals surface area contributed by atoms with Gasteiger partial charge in [0.15, 0.2) is 0 Å². The Morgan fingerprint density at radius 1 is 1.29 bits per heavy atom. The Hall–Kier alpha value is -0.820. The molecule has 2 atom stereocenters. The van der Waals surface area contributed by atoms with Crippen LogP contribution in [0.1, 0.15) is 34.1 Å². The largest absolute Gasteiger partial charge is 0.411 e. The van der Waals surface area contributed by atoms with Gasteiger partial charge >= 0.3 is 6.18 Å². The summed E-state index contributed by atoms with van der Waals surface area (Å²) in [5, 5.41) is 3.28. The van der Waals surface area contributed by atoms with Crippen molar-refractivity contribution in [2.45, 2.75) is 52.5 Å². The van der Waals surface area contributed by atoms with Crippen LogP contribution in [0.25, 0.3) is 0 Å². The summed E-state index contributed by atoms with van der Waals surface area (Å²) < 4.78 is 40.7. The second kappa shape index (κ2) is 7.45. The van der Waals surface area contributed by atoms with Gasteiger partial charge in [0, 0.05) is 6.54 Å². The van der Waals surface area contributed by atoms with E-state index in [1.165, 1.54) is 0 Å². The van der Waals surface area contributed by atoms with E-state index in [-0.39, 0.29) is 37.2 Å². The van der Waals surface area contributed by atoms with Gasteiger partial charge in [0.25, 0.3) is 0 Å². The first-order chi connectivity index (χ1) is 9.61. The van der Waals surface area contributed by atoms with Crippen LogP contribution in [0.15, 0.2) is 0 Å². The molecule has 0 aliphatic carbocycles. The molecule has 21 heavy (non-hydrogen) atoms. The highest BCUT2D eigenvalue weighted by Crippen LogP contribution is 2.21. The monoisotopic (exact) mass is 310 g/mol. The summed E-state index contributed by atoms with van der Waals surface area (Å²) in [6, 6.07) is -0.267.